The van der Waals surface area contributed by atoms with E-state index in [0.29, 0.717) is 19.5 Å². The normalized spacial score (nSPS) is 16.1. The molecule has 0 radical (unpaired) electrons. The highest BCUT2D eigenvalue weighted by Gasteiger charge is 2.20. The van der Waals surface area contributed by atoms with Gasteiger partial charge in [0.05, 0.1) is 6.04 Å². The summed E-state index contributed by atoms with van der Waals surface area (Å²) in [5.41, 5.74) is 1.36. The smallest absolute Gasteiger partial charge is 0.220 e. The second-order valence-electron chi connectivity index (χ2n) is 5.16. The molecule has 2 rings (SSSR count). The molecule has 1 saturated heterocycles. The lowest BCUT2D eigenvalue weighted by atomic mass is 10.1. The second-order valence-corrected chi connectivity index (χ2v) is 5.16. The number of hydrogen-bond donors (Lipinski definition) is 1. The number of rotatable bonds is 7. The minimum absolute atomic E-state index is 0.0781. The van der Waals surface area contributed by atoms with Gasteiger partial charge in [-0.2, -0.15) is 0 Å². The van der Waals surface area contributed by atoms with Gasteiger partial charge < -0.3 is 15.6 Å². The number of carbonyl (C=O) groups is 1. The Balaban J connectivity index is 1.49. The van der Waals surface area contributed by atoms with Crippen molar-refractivity contribution in [1.82, 2.24) is 10.4 Å². The Morgan fingerprint density at radius 2 is 1.95 bits per heavy atom. The molecular formula is C15H21N2O2-. The van der Waals surface area contributed by atoms with Crippen molar-refractivity contribution in [2.45, 2.75) is 38.1 Å². The fourth-order valence-electron chi connectivity index (χ4n) is 2.27. The van der Waals surface area contributed by atoms with E-state index in [1.165, 1.54) is 5.56 Å². The summed E-state index contributed by atoms with van der Waals surface area (Å²) in [6.45, 7) is 0.888. The van der Waals surface area contributed by atoms with Gasteiger partial charge in [0, 0.05) is 19.5 Å². The molecule has 0 spiro atoms. The molecule has 1 aliphatic heterocycles. The summed E-state index contributed by atoms with van der Waals surface area (Å²) in [5.74, 6) is 0.0813. The van der Waals surface area contributed by atoms with Gasteiger partial charge in [0.1, 0.15) is 0 Å². The van der Waals surface area contributed by atoms with Crippen LogP contribution in [0.15, 0.2) is 30.3 Å². The van der Waals surface area contributed by atoms with Crippen LogP contribution < -0.4 is 5.32 Å². The molecule has 0 atom stereocenters. The van der Waals surface area contributed by atoms with Gasteiger partial charge in [0.2, 0.25) is 5.91 Å². The summed E-state index contributed by atoms with van der Waals surface area (Å²) in [4.78, 5) is 11.6. The summed E-state index contributed by atoms with van der Waals surface area (Å²) in [7, 11) is 0. The van der Waals surface area contributed by atoms with Crippen molar-refractivity contribution >= 4 is 5.91 Å². The maximum Gasteiger partial charge on any atom is 0.220 e. The number of nitrogens with one attached hydrogen (secondary N) is 1. The van der Waals surface area contributed by atoms with Crippen molar-refractivity contribution < 1.29 is 4.79 Å². The van der Waals surface area contributed by atoms with Gasteiger partial charge in [-0.25, -0.2) is 0 Å². The van der Waals surface area contributed by atoms with E-state index in [1.807, 2.05) is 6.07 Å². The fraction of sp³-hybridized carbons (Fsp3) is 0.533. The lowest BCUT2D eigenvalue weighted by Crippen LogP contribution is -2.56. The highest BCUT2D eigenvalue weighted by molar-refractivity contribution is 5.76. The van der Waals surface area contributed by atoms with Crippen LogP contribution in [0.1, 0.15) is 31.2 Å². The van der Waals surface area contributed by atoms with Crippen LogP contribution in [0, 0.1) is 5.21 Å². The Morgan fingerprint density at radius 3 is 2.63 bits per heavy atom. The Kier molecular flexibility index (Phi) is 5.36. The third-order valence-electron chi connectivity index (χ3n) is 3.43. The summed E-state index contributed by atoms with van der Waals surface area (Å²) >= 11 is 0. The van der Waals surface area contributed by atoms with E-state index in [1.54, 1.807) is 0 Å². The van der Waals surface area contributed by atoms with E-state index in [0.717, 1.165) is 30.7 Å². The molecule has 4 nitrogen and oxygen atoms in total. The monoisotopic (exact) mass is 261 g/mol. The third-order valence-corrected chi connectivity index (χ3v) is 3.43. The Bertz CT molecular complexity index is 388. The molecule has 1 fully saturated rings. The number of hydroxylamine groups is 2. The van der Waals surface area contributed by atoms with Gasteiger partial charge >= 0.3 is 0 Å². The Morgan fingerprint density at radius 1 is 1.21 bits per heavy atom. The Hall–Kier alpha value is -1.39. The molecule has 1 N–H and O–H groups in total. The molecule has 4 heteroatoms. The van der Waals surface area contributed by atoms with Gasteiger partial charge in [0.15, 0.2) is 0 Å². The van der Waals surface area contributed by atoms with Crippen LogP contribution in [0.25, 0.3) is 0 Å². The van der Waals surface area contributed by atoms with Gasteiger partial charge in [-0.1, -0.05) is 36.8 Å². The second kappa shape index (κ2) is 7.26. The summed E-state index contributed by atoms with van der Waals surface area (Å²) in [6, 6.07) is 10.5. The first kappa shape index (κ1) is 14.0. The predicted octanol–water partition coefficient (Wildman–Crippen LogP) is 2.09. The van der Waals surface area contributed by atoms with Gasteiger partial charge in [-0.05, 0) is 24.8 Å². The zero-order chi connectivity index (χ0) is 13.5. The van der Waals surface area contributed by atoms with Crippen molar-refractivity contribution in [3.63, 3.8) is 0 Å². The number of carbonyl (C=O) groups excluding carboxylic acids is 1. The van der Waals surface area contributed by atoms with Crippen molar-refractivity contribution in [1.29, 1.82) is 0 Å². The van der Waals surface area contributed by atoms with Crippen molar-refractivity contribution in [2.75, 3.05) is 13.1 Å². The van der Waals surface area contributed by atoms with Crippen LogP contribution in [0.4, 0.5) is 0 Å². The van der Waals surface area contributed by atoms with Crippen LogP contribution in [0.2, 0.25) is 0 Å². The topological polar surface area (TPSA) is 55.4 Å². The minimum atomic E-state index is 0.0781. The number of hydrogen-bond acceptors (Lipinski definition) is 3. The molecule has 0 saturated carbocycles. The molecular weight excluding hydrogens is 240 g/mol. The van der Waals surface area contributed by atoms with Crippen molar-refractivity contribution in [2.24, 2.45) is 0 Å². The van der Waals surface area contributed by atoms with E-state index in [4.69, 9.17) is 0 Å². The lowest BCUT2D eigenvalue weighted by molar-refractivity contribution is -0.122. The molecule has 1 heterocycles. The van der Waals surface area contributed by atoms with E-state index in [2.05, 4.69) is 29.6 Å². The minimum Gasteiger partial charge on any atom is -0.785 e. The van der Waals surface area contributed by atoms with Crippen LogP contribution in [-0.2, 0) is 11.2 Å². The quantitative estimate of drug-likeness (QED) is 0.765. The largest absolute Gasteiger partial charge is 0.785 e. The first-order valence-corrected chi connectivity index (χ1v) is 6.99. The highest BCUT2D eigenvalue weighted by Crippen LogP contribution is 2.09. The Labute approximate surface area is 114 Å². The summed E-state index contributed by atoms with van der Waals surface area (Å²) in [6.07, 6.45) is 4.77. The number of benzene rings is 1. The standard InChI is InChI=1S/C15H21N2O2/c18-15(16-14-11-17(19)12-14)10-6-2-5-9-13-7-3-1-4-8-13/h1,3-4,7-8,14H,2,5-6,9-12H2,(H,16,18)/q-1. The van der Waals surface area contributed by atoms with Crippen LogP contribution in [-0.4, -0.2) is 30.1 Å². The molecule has 1 aromatic carbocycles. The van der Waals surface area contributed by atoms with Crippen LogP contribution in [0.3, 0.4) is 0 Å². The van der Waals surface area contributed by atoms with Crippen LogP contribution in [0.5, 0.6) is 0 Å². The highest BCUT2D eigenvalue weighted by atomic mass is 16.5. The first-order valence-electron chi connectivity index (χ1n) is 6.99. The van der Waals surface area contributed by atoms with Crippen LogP contribution >= 0.6 is 0 Å². The number of aryl methyl sites for hydroxylation is 1. The molecule has 0 aliphatic carbocycles. The zero-order valence-corrected chi connectivity index (χ0v) is 11.2. The zero-order valence-electron chi connectivity index (χ0n) is 11.2. The number of unbranched alkanes of at least 4 members (excludes halogenated alkanes) is 2. The molecule has 1 amide bonds. The lowest BCUT2D eigenvalue weighted by Gasteiger charge is -2.44. The molecule has 19 heavy (non-hydrogen) atoms. The van der Waals surface area contributed by atoms with Gasteiger partial charge in [-0.15, -0.1) is 0 Å². The number of amides is 1. The van der Waals surface area contributed by atoms with Crippen molar-refractivity contribution in [3.8, 4) is 0 Å². The summed E-state index contributed by atoms with van der Waals surface area (Å²) in [5, 5.41) is 14.5. The van der Waals surface area contributed by atoms with E-state index < -0.39 is 0 Å². The SMILES string of the molecule is O=C(CCCCCc1ccccc1)NC1CN([O-])C1. The van der Waals surface area contributed by atoms with Crippen molar-refractivity contribution in [3.05, 3.63) is 41.1 Å². The average molecular weight is 261 g/mol. The molecule has 104 valence electrons. The predicted molar refractivity (Wildman–Crippen MR) is 75.5 cm³/mol. The maximum absolute atomic E-state index is 11.6. The molecule has 1 aliphatic rings. The third kappa shape index (κ3) is 5.01. The van der Waals surface area contributed by atoms with E-state index >= 15 is 0 Å². The van der Waals surface area contributed by atoms with E-state index in [-0.39, 0.29) is 11.9 Å². The molecule has 0 aromatic heterocycles. The average Bonchev–Trinajstić information content (AvgIpc) is 2.38. The first-order chi connectivity index (χ1) is 9.24. The fourth-order valence-corrected chi connectivity index (χ4v) is 2.27. The molecule has 0 unspecified atom stereocenters. The van der Waals surface area contributed by atoms with Gasteiger partial charge in [-0.3, -0.25) is 4.79 Å². The maximum atomic E-state index is 11.6. The van der Waals surface area contributed by atoms with E-state index in [9.17, 15) is 10.0 Å². The summed E-state index contributed by atoms with van der Waals surface area (Å²) < 4.78 is 0. The number of nitrogens with zero attached hydrogens (tertiary/aromatic N) is 1. The molecule has 1 aromatic rings. The molecule has 0 bridgehead atoms. The van der Waals surface area contributed by atoms with Gasteiger partial charge in [0.25, 0.3) is 0 Å².